The highest BCUT2D eigenvalue weighted by molar-refractivity contribution is 6.05. The quantitative estimate of drug-likeness (QED) is 0.618. The van der Waals surface area contributed by atoms with Gasteiger partial charge in [0.2, 0.25) is 0 Å². The van der Waals surface area contributed by atoms with E-state index in [1.165, 1.54) is 4.90 Å². The third-order valence-electron chi connectivity index (χ3n) is 4.21. The molecule has 0 unspecified atom stereocenters. The third kappa shape index (κ3) is 5.10. The molecule has 0 fully saturated rings. The largest absolute Gasteiger partial charge is 0.449 e. The molecule has 7 nitrogen and oxygen atoms in total. The number of anilines is 3. The first-order chi connectivity index (χ1) is 14.1. The fraction of sp³-hybridized carbons (Fsp3) is 0.136. The van der Waals surface area contributed by atoms with Gasteiger partial charge in [-0.3, -0.25) is 14.7 Å². The van der Waals surface area contributed by atoms with Gasteiger partial charge in [0.1, 0.15) is 0 Å². The Morgan fingerprint density at radius 2 is 1.83 bits per heavy atom. The summed E-state index contributed by atoms with van der Waals surface area (Å²) in [5.74, 6) is -0.260. The average Bonchev–Trinajstić information content (AvgIpc) is 2.75. The first-order valence-corrected chi connectivity index (χ1v) is 9.17. The predicted molar refractivity (Wildman–Crippen MR) is 113 cm³/mol. The molecule has 3 rings (SSSR count). The van der Waals surface area contributed by atoms with Crippen LogP contribution in [0.4, 0.5) is 21.9 Å². The van der Waals surface area contributed by atoms with Gasteiger partial charge in [-0.25, -0.2) is 4.79 Å². The molecule has 0 atom stereocenters. The number of pyridine rings is 1. The average molecular weight is 390 g/mol. The second kappa shape index (κ2) is 9.36. The Labute approximate surface area is 169 Å². The maximum absolute atomic E-state index is 12.5. The van der Waals surface area contributed by atoms with E-state index in [-0.39, 0.29) is 19.1 Å². The van der Waals surface area contributed by atoms with Crippen molar-refractivity contribution < 1.29 is 14.3 Å². The van der Waals surface area contributed by atoms with Crippen LogP contribution in [0.25, 0.3) is 0 Å². The number of hydrogen-bond acceptors (Lipinski definition) is 5. The van der Waals surface area contributed by atoms with Gasteiger partial charge in [-0.2, -0.15) is 0 Å². The standard InChI is InChI=1S/C22H22N4O3/c1-2-29-22(28)26(18-6-5-13-24-14-18)15-16-9-11-17(12-10-16)21(27)25-20-8-4-3-7-19(20)23/h3-14H,2,15,23H2,1H3,(H,25,27). The van der Waals surface area contributed by atoms with Crippen molar-refractivity contribution in [1.82, 2.24) is 4.98 Å². The molecule has 0 radical (unpaired) electrons. The van der Waals surface area contributed by atoms with Gasteiger partial charge >= 0.3 is 6.09 Å². The number of carbonyl (C=O) groups is 2. The normalized spacial score (nSPS) is 10.2. The van der Waals surface area contributed by atoms with E-state index in [1.54, 1.807) is 80.0 Å². The second-order valence-electron chi connectivity index (χ2n) is 6.23. The van der Waals surface area contributed by atoms with Crippen LogP contribution in [0.2, 0.25) is 0 Å². The van der Waals surface area contributed by atoms with E-state index < -0.39 is 6.09 Å². The smallest absolute Gasteiger partial charge is 0.414 e. The molecular weight excluding hydrogens is 368 g/mol. The lowest BCUT2D eigenvalue weighted by Gasteiger charge is -2.21. The first kappa shape index (κ1) is 19.9. The van der Waals surface area contributed by atoms with Crippen LogP contribution in [0.1, 0.15) is 22.8 Å². The SMILES string of the molecule is CCOC(=O)N(Cc1ccc(C(=O)Nc2ccccc2N)cc1)c1cccnc1. The number of nitrogens with two attached hydrogens (primary N) is 1. The van der Waals surface area contributed by atoms with E-state index in [1.807, 2.05) is 0 Å². The van der Waals surface area contributed by atoms with Crippen LogP contribution < -0.4 is 16.0 Å². The van der Waals surface area contributed by atoms with E-state index in [0.717, 1.165) is 5.56 Å². The van der Waals surface area contributed by atoms with E-state index in [4.69, 9.17) is 10.5 Å². The van der Waals surface area contributed by atoms with Gasteiger partial charge in [-0.1, -0.05) is 24.3 Å². The van der Waals surface area contributed by atoms with Gasteiger partial charge in [0, 0.05) is 11.8 Å². The highest BCUT2D eigenvalue weighted by atomic mass is 16.6. The number of hydrogen-bond donors (Lipinski definition) is 2. The lowest BCUT2D eigenvalue weighted by molar-refractivity contribution is 0.102. The maximum atomic E-state index is 12.5. The van der Waals surface area contributed by atoms with E-state index in [2.05, 4.69) is 10.3 Å². The lowest BCUT2D eigenvalue weighted by Crippen LogP contribution is -2.31. The molecule has 3 aromatic rings. The molecule has 0 aliphatic heterocycles. The Balaban J connectivity index is 1.73. The zero-order valence-electron chi connectivity index (χ0n) is 16.0. The molecule has 2 aromatic carbocycles. The fourth-order valence-electron chi connectivity index (χ4n) is 2.73. The predicted octanol–water partition coefficient (Wildman–Crippen LogP) is 4.08. The third-order valence-corrected chi connectivity index (χ3v) is 4.21. The molecule has 0 saturated carbocycles. The molecule has 29 heavy (non-hydrogen) atoms. The van der Waals surface area contributed by atoms with E-state index in [9.17, 15) is 9.59 Å². The summed E-state index contributed by atoms with van der Waals surface area (Å²) in [4.78, 5) is 30.4. The van der Waals surface area contributed by atoms with Crippen molar-refractivity contribution in [3.8, 4) is 0 Å². The number of nitrogen functional groups attached to an aromatic ring is 1. The van der Waals surface area contributed by atoms with Crippen LogP contribution in [0.5, 0.6) is 0 Å². The van der Waals surface area contributed by atoms with Gasteiger partial charge in [-0.05, 0) is 48.9 Å². The number of carbonyl (C=O) groups excluding carboxylic acids is 2. The molecule has 1 heterocycles. The van der Waals surface area contributed by atoms with Gasteiger partial charge < -0.3 is 15.8 Å². The minimum absolute atomic E-state index is 0.260. The van der Waals surface area contributed by atoms with Crippen LogP contribution >= 0.6 is 0 Å². The van der Waals surface area contributed by atoms with Crippen LogP contribution in [-0.2, 0) is 11.3 Å². The molecule has 0 aliphatic rings. The monoisotopic (exact) mass is 390 g/mol. The Morgan fingerprint density at radius 1 is 1.07 bits per heavy atom. The summed E-state index contributed by atoms with van der Waals surface area (Å²) in [7, 11) is 0. The Morgan fingerprint density at radius 3 is 2.48 bits per heavy atom. The molecule has 0 bridgehead atoms. The van der Waals surface area contributed by atoms with Crippen LogP contribution in [0.15, 0.2) is 73.1 Å². The minimum Gasteiger partial charge on any atom is -0.449 e. The number of amides is 2. The number of para-hydroxylation sites is 2. The van der Waals surface area contributed by atoms with Gasteiger partial charge in [-0.15, -0.1) is 0 Å². The maximum Gasteiger partial charge on any atom is 0.414 e. The molecule has 0 aliphatic carbocycles. The Kier molecular flexibility index (Phi) is 6.42. The van der Waals surface area contributed by atoms with Crippen molar-refractivity contribution in [1.29, 1.82) is 0 Å². The topological polar surface area (TPSA) is 97.5 Å². The minimum atomic E-state index is -0.457. The Bertz CT molecular complexity index is 975. The summed E-state index contributed by atoms with van der Waals surface area (Å²) in [6, 6.07) is 17.6. The van der Waals surface area contributed by atoms with Crippen molar-refractivity contribution in [3.05, 3.63) is 84.2 Å². The van der Waals surface area contributed by atoms with Crippen molar-refractivity contribution in [2.45, 2.75) is 13.5 Å². The number of nitrogens with one attached hydrogen (secondary N) is 1. The summed E-state index contributed by atoms with van der Waals surface area (Å²) >= 11 is 0. The fourth-order valence-corrected chi connectivity index (χ4v) is 2.73. The molecule has 0 saturated heterocycles. The molecule has 148 valence electrons. The number of benzene rings is 2. The summed E-state index contributed by atoms with van der Waals surface area (Å²) in [5, 5.41) is 2.79. The van der Waals surface area contributed by atoms with Gasteiger partial charge in [0.25, 0.3) is 5.91 Å². The summed E-state index contributed by atoms with van der Waals surface area (Å²) in [6.45, 7) is 2.32. The van der Waals surface area contributed by atoms with Gasteiger partial charge in [0.05, 0.1) is 36.4 Å². The summed E-state index contributed by atoms with van der Waals surface area (Å²) in [6.07, 6.45) is 2.78. The van der Waals surface area contributed by atoms with Crippen molar-refractivity contribution in [3.63, 3.8) is 0 Å². The molecular formula is C22H22N4O3. The molecule has 1 aromatic heterocycles. The van der Waals surface area contributed by atoms with Crippen molar-refractivity contribution in [2.24, 2.45) is 0 Å². The molecule has 3 N–H and O–H groups in total. The molecule has 7 heteroatoms. The van der Waals surface area contributed by atoms with Crippen LogP contribution in [0.3, 0.4) is 0 Å². The summed E-state index contributed by atoms with van der Waals surface area (Å²) in [5.41, 5.74) is 8.89. The van der Waals surface area contributed by atoms with E-state index >= 15 is 0 Å². The number of rotatable bonds is 6. The highest BCUT2D eigenvalue weighted by Crippen LogP contribution is 2.20. The number of ether oxygens (including phenoxy) is 1. The van der Waals surface area contributed by atoms with Crippen molar-refractivity contribution >= 4 is 29.1 Å². The van der Waals surface area contributed by atoms with Crippen LogP contribution in [0, 0.1) is 0 Å². The number of nitrogens with zero attached hydrogens (tertiary/aromatic N) is 2. The van der Waals surface area contributed by atoms with Gasteiger partial charge in [0.15, 0.2) is 0 Å². The zero-order chi connectivity index (χ0) is 20.6. The Hall–Kier alpha value is -3.87. The van der Waals surface area contributed by atoms with E-state index in [0.29, 0.717) is 22.6 Å². The molecule has 0 spiro atoms. The zero-order valence-corrected chi connectivity index (χ0v) is 16.0. The van der Waals surface area contributed by atoms with Crippen molar-refractivity contribution in [2.75, 3.05) is 22.6 Å². The summed E-state index contributed by atoms with van der Waals surface area (Å²) < 4.78 is 5.15. The highest BCUT2D eigenvalue weighted by Gasteiger charge is 2.18. The first-order valence-electron chi connectivity index (χ1n) is 9.17. The number of aromatic nitrogens is 1. The van der Waals surface area contributed by atoms with Crippen LogP contribution in [-0.4, -0.2) is 23.6 Å². The lowest BCUT2D eigenvalue weighted by atomic mass is 10.1. The second-order valence-corrected chi connectivity index (χ2v) is 6.23. The molecule has 2 amide bonds.